The average molecular weight is 795 g/mol. The summed E-state index contributed by atoms with van der Waals surface area (Å²) in [6, 6.07) is 16.5. The normalized spacial score (nSPS) is 13.4. The van der Waals surface area contributed by atoms with Gasteiger partial charge in [0, 0.05) is 27.6 Å². The summed E-state index contributed by atoms with van der Waals surface area (Å²) in [6.07, 6.45) is 0. The summed E-state index contributed by atoms with van der Waals surface area (Å²) in [6.45, 7) is 0. The van der Waals surface area contributed by atoms with Crippen LogP contribution in [0, 0.1) is 0 Å². The van der Waals surface area contributed by atoms with Gasteiger partial charge in [0.05, 0.1) is 21.2 Å². The van der Waals surface area contributed by atoms with Crippen molar-refractivity contribution in [3.05, 3.63) is 101 Å². The first kappa shape index (κ1) is 45.6. The van der Waals surface area contributed by atoms with Crippen LogP contribution in [-0.2, 0) is 40.5 Å². The molecule has 0 fully saturated rings. The molecule has 0 saturated heterocycles. The minimum atomic E-state index is -6.20. The standard InChI is InChI=1S/C26H18N4O12S4.4Na/c31-43(32,33)23-19-12-17-9-7-15(28-17)10-14-6-8-16(27-14)11-18-20(13-4-2-1-3-5-13)24(44(34,35)36)21(29-18)25(45(37,38)39)22(30-19)26(23)46(40,41)42;;;;/h1-12,27-28H,(H,31,32,33)(H,34,35,36)(H,37,38,39)(H,40,41,42);;;;/q;4*+1/p-4. The number of nitrogens with one attached hydrogen (secondary N) is 2. The number of hydrogen-bond donors (Lipinski definition) is 2. The minimum absolute atomic E-state index is 0. The molecule has 50 heavy (non-hydrogen) atoms. The van der Waals surface area contributed by atoms with Crippen LogP contribution in [0.3, 0.4) is 0 Å². The molecule has 0 saturated carbocycles. The number of rotatable bonds is 5. The number of fused-ring (bicyclic) bond motifs is 8. The van der Waals surface area contributed by atoms with Crippen molar-refractivity contribution in [2.45, 2.75) is 4.90 Å². The van der Waals surface area contributed by atoms with E-state index in [2.05, 4.69) is 19.9 Å². The molecule has 2 aliphatic heterocycles. The molecule has 6 rings (SSSR count). The van der Waals surface area contributed by atoms with Gasteiger partial charge in [-0.3, -0.25) is 0 Å². The zero-order valence-electron chi connectivity index (χ0n) is 26.4. The Morgan fingerprint density at radius 1 is 0.460 bits per heavy atom. The van der Waals surface area contributed by atoms with Gasteiger partial charge in [0.15, 0.2) is 0 Å². The van der Waals surface area contributed by atoms with Gasteiger partial charge in [-0.25, -0.2) is 43.6 Å². The summed E-state index contributed by atoms with van der Waals surface area (Å²) in [5.74, 6) is 0. The number of nitrogens with zero attached hydrogens (tertiary/aromatic N) is 2. The van der Waals surface area contributed by atoms with Crippen molar-refractivity contribution >= 4 is 82.8 Å². The predicted molar refractivity (Wildman–Crippen MR) is 157 cm³/mol. The van der Waals surface area contributed by atoms with Crippen molar-refractivity contribution in [3.63, 3.8) is 0 Å². The fraction of sp³-hybridized carbons (Fsp3) is 0. The number of aromatic amines is 2. The fourth-order valence-corrected chi connectivity index (χ4v) is 8.79. The number of aromatic nitrogens is 4. The second kappa shape index (κ2) is 16.4. The first-order valence-corrected chi connectivity index (χ1v) is 18.1. The summed E-state index contributed by atoms with van der Waals surface area (Å²) in [5, 5.41) is 0. The van der Waals surface area contributed by atoms with Crippen LogP contribution in [0.2, 0.25) is 0 Å². The third kappa shape index (κ3) is 9.21. The van der Waals surface area contributed by atoms with Gasteiger partial charge in [-0.15, -0.1) is 0 Å². The first-order valence-electron chi connectivity index (χ1n) is 12.4. The van der Waals surface area contributed by atoms with Crippen LogP contribution >= 0.6 is 0 Å². The molecule has 0 amide bonds. The first-order chi connectivity index (χ1) is 21.3. The van der Waals surface area contributed by atoms with Crippen molar-refractivity contribution in [2.75, 3.05) is 0 Å². The van der Waals surface area contributed by atoms with E-state index in [9.17, 15) is 51.9 Å². The Morgan fingerprint density at radius 3 is 1.30 bits per heavy atom. The smallest absolute Gasteiger partial charge is 0.744 e. The fourth-order valence-electron chi connectivity index (χ4n) is 5.03. The van der Waals surface area contributed by atoms with Crippen molar-refractivity contribution < 1.29 is 170 Å². The van der Waals surface area contributed by atoms with Crippen LogP contribution in [0.25, 0.3) is 42.4 Å². The van der Waals surface area contributed by atoms with E-state index in [-0.39, 0.29) is 135 Å². The van der Waals surface area contributed by atoms with Crippen LogP contribution in [0.4, 0.5) is 0 Å². The van der Waals surface area contributed by atoms with Crippen molar-refractivity contribution in [3.8, 4) is 0 Å². The molecule has 24 heteroatoms. The van der Waals surface area contributed by atoms with Crippen molar-refractivity contribution in [1.82, 2.24) is 19.9 Å². The Hall–Kier alpha value is -0.540. The van der Waals surface area contributed by atoms with E-state index in [0.29, 0.717) is 11.0 Å². The molecular weight excluding hydrogens is 781 g/mol. The Bertz CT molecular complexity index is 2700. The van der Waals surface area contributed by atoms with Gasteiger partial charge in [0.1, 0.15) is 61.7 Å². The molecule has 0 atom stereocenters. The van der Waals surface area contributed by atoms with Gasteiger partial charge in [0.25, 0.3) is 0 Å². The molecule has 0 spiro atoms. The molecule has 4 aromatic rings. The van der Waals surface area contributed by atoms with E-state index in [1.54, 1.807) is 12.1 Å². The summed E-state index contributed by atoms with van der Waals surface area (Å²) < 4.78 is 152. The Kier molecular flexibility index (Phi) is 15.0. The monoisotopic (exact) mass is 794 g/mol. The summed E-state index contributed by atoms with van der Waals surface area (Å²) in [7, 11) is -24.2. The molecule has 5 heterocycles. The van der Waals surface area contributed by atoms with Crippen LogP contribution < -0.4 is 118 Å². The van der Waals surface area contributed by atoms with Gasteiger partial charge in [-0.2, -0.15) is 0 Å². The van der Waals surface area contributed by atoms with Gasteiger partial charge >= 0.3 is 118 Å². The molecule has 0 aliphatic carbocycles. The van der Waals surface area contributed by atoms with E-state index in [1.807, 2.05) is 0 Å². The SMILES string of the molecule is O=S(=O)([O-])C1=C(S(=O)(=O)[O-])c2nc1cc1ccc(cc3ccc(cc4nc(c2S(=O)(=O)[O-])C(S(=O)(=O)[O-])=C4c2ccccc2)[nH]3)[nH]1.[Na+].[Na+].[Na+].[Na+]. The van der Waals surface area contributed by atoms with Gasteiger partial charge < -0.3 is 28.2 Å². The summed E-state index contributed by atoms with van der Waals surface area (Å²) >= 11 is 0. The van der Waals surface area contributed by atoms with E-state index < -0.39 is 88.4 Å². The molecule has 0 radical (unpaired) electrons. The molecule has 0 unspecified atom stereocenters. The average Bonchev–Trinajstić information content (AvgIpc) is 3.69. The van der Waals surface area contributed by atoms with Crippen LogP contribution in [0.5, 0.6) is 0 Å². The molecule has 2 N–H and O–H groups in total. The predicted octanol–water partition coefficient (Wildman–Crippen LogP) is -10.4. The van der Waals surface area contributed by atoms with Crippen LogP contribution in [-0.4, -0.2) is 71.8 Å². The summed E-state index contributed by atoms with van der Waals surface area (Å²) in [5.41, 5.74) is -4.20. The quantitative estimate of drug-likeness (QED) is 0.140. The largest absolute Gasteiger partial charge is 1.00 e. The van der Waals surface area contributed by atoms with E-state index in [0.717, 1.165) is 6.07 Å². The Labute approximate surface area is 373 Å². The maximum atomic E-state index is 12.9. The zero-order chi connectivity index (χ0) is 33.4. The second-order valence-electron chi connectivity index (χ2n) is 9.74. The zero-order valence-corrected chi connectivity index (χ0v) is 37.6. The Morgan fingerprint density at radius 2 is 0.860 bits per heavy atom. The van der Waals surface area contributed by atoms with Gasteiger partial charge in [-0.1, -0.05) is 30.3 Å². The van der Waals surface area contributed by atoms with Gasteiger partial charge in [-0.05, 0) is 48.0 Å². The molecule has 1 aromatic carbocycles. The second-order valence-corrected chi connectivity index (χ2v) is 15.0. The topological polar surface area (TPSA) is 286 Å². The molecule has 2 aliphatic rings. The number of benzene rings is 1. The molecule has 8 bridgehead atoms. The number of hydrogen-bond acceptors (Lipinski definition) is 14. The molecule has 16 nitrogen and oxygen atoms in total. The molecular formula is C26H14N4Na4O12S4. The Balaban J connectivity index is 0.00000217. The third-order valence-corrected chi connectivity index (χ3v) is 10.4. The van der Waals surface area contributed by atoms with Crippen molar-refractivity contribution in [2.24, 2.45) is 0 Å². The minimum Gasteiger partial charge on any atom is -0.744 e. The van der Waals surface area contributed by atoms with Crippen LogP contribution in [0.15, 0.2) is 77.7 Å². The van der Waals surface area contributed by atoms with E-state index in [1.165, 1.54) is 54.6 Å². The number of H-pyrrole nitrogens is 2. The van der Waals surface area contributed by atoms with E-state index >= 15 is 0 Å². The molecule has 3 aromatic heterocycles. The van der Waals surface area contributed by atoms with Crippen LogP contribution in [0.1, 0.15) is 28.3 Å². The maximum absolute atomic E-state index is 12.9. The van der Waals surface area contributed by atoms with Gasteiger partial charge in [0.2, 0.25) is 0 Å². The van der Waals surface area contributed by atoms with Crippen molar-refractivity contribution in [1.29, 1.82) is 0 Å². The third-order valence-electron chi connectivity index (χ3n) is 6.67. The molecule has 238 valence electrons. The van der Waals surface area contributed by atoms with E-state index in [4.69, 9.17) is 0 Å². The maximum Gasteiger partial charge on any atom is 1.00 e. The summed E-state index contributed by atoms with van der Waals surface area (Å²) in [4.78, 5) is 6.12.